The second kappa shape index (κ2) is 8.71. The number of nitrogens with zero attached hydrogens (tertiary/aromatic N) is 1. The van der Waals surface area contributed by atoms with Gasteiger partial charge in [-0.2, -0.15) is 0 Å². The quantitative estimate of drug-likeness (QED) is 0.671. The van der Waals surface area contributed by atoms with E-state index in [1.807, 2.05) is 43.9 Å². The van der Waals surface area contributed by atoms with E-state index in [9.17, 15) is 9.59 Å². The van der Waals surface area contributed by atoms with Crippen LogP contribution in [0, 0.1) is 6.92 Å². The van der Waals surface area contributed by atoms with Crippen LogP contribution in [0.5, 0.6) is 5.75 Å². The van der Waals surface area contributed by atoms with Crippen LogP contribution < -0.4 is 15.4 Å². The molecule has 0 atom stereocenters. The predicted molar refractivity (Wildman–Crippen MR) is 96.2 cm³/mol. The van der Waals surface area contributed by atoms with Gasteiger partial charge in [0.2, 0.25) is 0 Å². The number of hydrogen-bond acceptors (Lipinski definition) is 4. The lowest BCUT2D eigenvalue weighted by Gasteiger charge is -2.42. The van der Waals surface area contributed by atoms with Crippen LogP contribution in [-0.4, -0.2) is 53.8 Å². The zero-order valence-electron chi connectivity index (χ0n) is 15.0. The van der Waals surface area contributed by atoms with Gasteiger partial charge in [-0.1, -0.05) is 13.0 Å². The first-order valence-corrected chi connectivity index (χ1v) is 8.69. The van der Waals surface area contributed by atoms with Crippen molar-refractivity contribution in [2.24, 2.45) is 0 Å². The van der Waals surface area contributed by atoms with E-state index in [0.717, 1.165) is 18.4 Å². The highest BCUT2D eigenvalue weighted by molar-refractivity contribution is 5.91. The van der Waals surface area contributed by atoms with E-state index in [-0.39, 0.29) is 24.7 Å². The molecule has 7 nitrogen and oxygen atoms in total. The number of amides is 2. The van der Waals surface area contributed by atoms with Gasteiger partial charge < -0.3 is 20.5 Å². The van der Waals surface area contributed by atoms with Gasteiger partial charge in [-0.05, 0) is 50.9 Å². The summed E-state index contributed by atoms with van der Waals surface area (Å²) < 4.78 is 5.56. The summed E-state index contributed by atoms with van der Waals surface area (Å²) >= 11 is 0. The second-order valence-corrected chi connectivity index (χ2v) is 6.31. The lowest BCUT2D eigenvalue weighted by atomic mass is 9.85. The highest BCUT2D eigenvalue weighted by Gasteiger charge is 2.34. The number of carboxylic acids is 1. The van der Waals surface area contributed by atoms with Crippen LogP contribution >= 0.6 is 0 Å². The first-order valence-electron chi connectivity index (χ1n) is 8.69. The number of likely N-dealkylation sites (N-methyl/N-ethyl adjacent to an activating group) is 1. The molecule has 2 rings (SSSR count). The molecule has 7 heteroatoms. The Labute approximate surface area is 148 Å². The van der Waals surface area contributed by atoms with Gasteiger partial charge in [0.05, 0.1) is 18.8 Å². The number of nitrogens with one attached hydrogen (secondary N) is 2. The Morgan fingerprint density at radius 3 is 2.64 bits per heavy atom. The Kier molecular flexibility index (Phi) is 6.64. The molecular weight excluding hydrogens is 322 g/mol. The van der Waals surface area contributed by atoms with Gasteiger partial charge in [0, 0.05) is 12.1 Å². The van der Waals surface area contributed by atoms with Gasteiger partial charge in [0.15, 0.2) is 0 Å². The van der Waals surface area contributed by atoms with Crippen molar-refractivity contribution in [1.82, 2.24) is 10.2 Å². The van der Waals surface area contributed by atoms with Crippen LogP contribution in [0.3, 0.4) is 0 Å². The molecule has 1 aliphatic carbocycles. The third kappa shape index (κ3) is 5.35. The molecule has 25 heavy (non-hydrogen) atoms. The molecule has 1 saturated carbocycles. The predicted octanol–water partition coefficient (Wildman–Crippen LogP) is 2.45. The molecule has 0 spiro atoms. The number of urea groups is 1. The Morgan fingerprint density at radius 2 is 2.04 bits per heavy atom. The zero-order valence-corrected chi connectivity index (χ0v) is 15.0. The topological polar surface area (TPSA) is 90.9 Å². The number of hydrogen-bond donors (Lipinski definition) is 3. The zero-order chi connectivity index (χ0) is 18.4. The lowest BCUT2D eigenvalue weighted by molar-refractivity contribution is -0.139. The Balaban J connectivity index is 1.83. The summed E-state index contributed by atoms with van der Waals surface area (Å²) in [6.07, 6.45) is 1.53. The van der Waals surface area contributed by atoms with Crippen molar-refractivity contribution in [2.45, 2.75) is 45.7 Å². The van der Waals surface area contributed by atoms with Gasteiger partial charge in [-0.15, -0.1) is 0 Å². The first-order chi connectivity index (χ1) is 11.9. The van der Waals surface area contributed by atoms with Crippen molar-refractivity contribution in [3.05, 3.63) is 23.8 Å². The van der Waals surface area contributed by atoms with E-state index >= 15 is 0 Å². The normalized spacial score (nSPS) is 19.2. The standard InChI is InChI=1S/C18H27N3O4/c1-4-21(11-17(22)23)14-9-13(10-14)19-18(24)20-15-7-6-12(3)8-16(15)25-5-2/h6-8,13-14H,4-5,9-11H2,1-3H3,(H,22,23)(H2,19,20,24). The number of rotatable bonds is 8. The molecule has 0 bridgehead atoms. The minimum atomic E-state index is -0.821. The Bertz CT molecular complexity index is 614. The van der Waals surface area contributed by atoms with Crippen LogP contribution in [0.25, 0.3) is 0 Å². The van der Waals surface area contributed by atoms with Crippen molar-refractivity contribution in [3.8, 4) is 5.75 Å². The lowest BCUT2D eigenvalue weighted by Crippen LogP contribution is -2.55. The van der Waals surface area contributed by atoms with E-state index in [4.69, 9.17) is 9.84 Å². The molecule has 0 unspecified atom stereocenters. The van der Waals surface area contributed by atoms with Crippen LogP contribution in [0.4, 0.5) is 10.5 Å². The number of anilines is 1. The van der Waals surface area contributed by atoms with E-state index in [1.165, 1.54) is 0 Å². The fourth-order valence-electron chi connectivity index (χ4n) is 3.03. The van der Waals surface area contributed by atoms with Crippen molar-refractivity contribution < 1.29 is 19.4 Å². The summed E-state index contributed by atoms with van der Waals surface area (Å²) in [6.45, 7) is 7.08. The maximum Gasteiger partial charge on any atom is 0.319 e. The minimum absolute atomic E-state index is 0.0428. The van der Waals surface area contributed by atoms with Gasteiger partial charge in [0.1, 0.15) is 5.75 Å². The number of ether oxygens (including phenoxy) is 1. The molecule has 0 aromatic heterocycles. The average Bonchev–Trinajstić information content (AvgIpc) is 2.51. The summed E-state index contributed by atoms with van der Waals surface area (Å²) in [5, 5.41) is 14.7. The van der Waals surface area contributed by atoms with E-state index in [2.05, 4.69) is 10.6 Å². The SMILES string of the molecule is CCOc1cc(C)ccc1NC(=O)NC1CC(N(CC)CC(=O)O)C1. The monoisotopic (exact) mass is 349 g/mol. The Hall–Kier alpha value is -2.28. The van der Waals surface area contributed by atoms with Crippen molar-refractivity contribution in [3.63, 3.8) is 0 Å². The number of carboxylic acid groups (broad SMARTS) is 1. The number of carbonyl (C=O) groups excluding carboxylic acids is 1. The van der Waals surface area contributed by atoms with Gasteiger partial charge in [-0.25, -0.2) is 4.79 Å². The third-order valence-electron chi connectivity index (χ3n) is 4.39. The Morgan fingerprint density at radius 1 is 1.32 bits per heavy atom. The average molecular weight is 349 g/mol. The van der Waals surface area contributed by atoms with E-state index in [0.29, 0.717) is 24.6 Å². The summed E-state index contributed by atoms with van der Waals surface area (Å²) in [7, 11) is 0. The maximum absolute atomic E-state index is 12.2. The van der Waals surface area contributed by atoms with Crippen LogP contribution in [-0.2, 0) is 4.79 Å². The summed E-state index contributed by atoms with van der Waals surface area (Å²) in [6, 6.07) is 5.65. The largest absolute Gasteiger partial charge is 0.492 e. The van der Waals surface area contributed by atoms with E-state index in [1.54, 1.807) is 0 Å². The number of aryl methyl sites for hydroxylation is 1. The van der Waals surface area contributed by atoms with Gasteiger partial charge in [-0.3, -0.25) is 9.69 Å². The number of carbonyl (C=O) groups is 2. The maximum atomic E-state index is 12.2. The van der Waals surface area contributed by atoms with Crippen LogP contribution in [0.15, 0.2) is 18.2 Å². The summed E-state index contributed by atoms with van der Waals surface area (Å²) in [5.74, 6) is -0.165. The minimum Gasteiger partial charge on any atom is -0.492 e. The van der Waals surface area contributed by atoms with Crippen LogP contribution in [0.2, 0.25) is 0 Å². The second-order valence-electron chi connectivity index (χ2n) is 6.31. The highest BCUT2D eigenvalue weighted by atomic mass is 16.5. The summed E-state index contributed by atoms with van der Waals surface area (Å²) in [4.78, 5) is 25.0. The van der Waals surface area contributed by atoms with Crippen molar-refractivity contribution in [2.75, 3.05) is 25.0 Å². The first kappa shape index (κ1) is 19.1. The van der Waals surface area contributed by atoms with Crippen molar-refractivity contribution in [1.29, 1.82) is 0 Å². The molecule has 0 heterocycles. The molecule has 0 radical (unpaired) electrons. The molecule has 138 valence electrons. The molecular formula is C18H27N3O4. The van der Waals surface area contributed by atoms with Gasteiger partial charge in [0.25, 0.3) is 0 Å². The fraction of sp³-hybridized carbons (Fsp3) is 0.556. The fourth-order valence-corrected chi connectivity index (χ4v) is 3.03. The molecule has 2 amide bonds. The summed E-state index contributed by atoms with van der Waals surface area (Å²) in [5.41, 5.74) is 1.70. The number of aliphatic carboxylic acids is 1. The smallest absolute Gasteiger partial charge is 0.319 e. The van der Waals surface area contributed by atoms with E-state index < -0.39 is 5.97 Å². The molecule has 0 saturated heterocycles. The van der Waals surface area contributed by atoms with Crippen molar-refractivity contribution >= 4 is 17.7 Å². The third-order valence-corrected chi connectivity index (χ3v) is 4.39. The van der Waals surface area contributed by atoms with Gasteiger partial charge >= 0.3 is 12.0 Å². The molecule has 1 aromatic rings. The number of benzene rings is 1. The molecule has 0 aliphatic heterocycles. The molecule has 3 N–H and O–H groups in total. The molecule has 1 aliphatic rings. The van der Waals surface area contributed by atoms with Crippen LogP contribution in [0.1, 0.15) is 32.3 Å². The molecule has 1 aromatic carbocycles. The highest BCUT2D eigenvalue weighted by Crippen LogP contribution is 2.27. The molecule has 1 fully saturated rings.